The lowest BCUT2D eigenvalue weighted by molar-refractivity contribution is 0.441. The van der Waals surface area contributed by atoms with Crippen molar-refractivity contribution in [3.05, 3.63) is 23.9 Å². The van der Waals surface area contributed by atoms with E-state index in [0.29, 0.717) is 6.04 Å². The number of aromatic nitrogens is 1. The van der Waals surface area contributed by atoms with Crippen LogP contribution in [0, 0.1) is 6.92 Å². The highest BCUT2D eigenvalue weighted by Gasteiger charge is 2.19. The van der Waals surface area contributed by atoms with Crippen LogP contribution < -0.4 is 10.2 Å². The zero-order chi connectivity index (χ0) is 10.7. The molecule has 0 aromatic carbocycles. The van der Waals surface area contributed by atoms with Gasteiger partial charge in [-0.1, -0.05) is 6.07 Å². The summed E-state index contributed by atoms with van der Waals surface area (Å²) in [6.45, 7) is 4.38. The molecule has 1 N–H and O–H groups in total. The Labute approximate surface area is 91.5 Å². The van der Waals surface area contributed by atoms with Gasteiger partial charge in [-0.15, -0.1) is 0 Å². The number of nitrogens with zero attached hydrogens (tertiary/aromatic N) is 2. The number of nitrogens with one attached hydrogen (secondary N) is 1. The number of anilines is 1. The van der Waals surface area contributed by atoms with Crippen molar-refractivity contribution in [2.75, 3.05) is 25.0 Å². The van der Waals surface area contributed by atoms with Crippen molar-refractivity contribution < 1.29 is 0 Å². The minimum atomic E-state index is 0.639. The fraction of sp³-hybridized carbons (Fsp3) is 0.583. The molecule has 0 radical (unpaired) electrons. The molecule has 2 heterocycles. The molecule has 82 valence electrons. The summed E-state index contributed by atoms with van der Waals surface area (Å²) >= 11 is 0. The number of rotatable bonds is 2. The Balaban J connectivity index is 2.12. The molecule has 1 saturated heterocycles. The molecule has 15 heavy (non-hydrogen) atoms. The first-order valence-corrected chi connectivity index (χ1v) is 5.64. The van der Waals surface area contributed by atoms with Gasteiger partial charge in [-0.25, -0.2) is 4.98 Å². The fourth-order valence-electron chi connectivity index (χ4n) is 2.21. The summed E-state index contributed by atoms with van der Waals surface area (Å²) in [5, 5.41) is 3.39. The van der Waals surface area contributed by atoms with Crippen LogP contribution >= 0.6 is 0 Å². The largest absolute Gasteiger partial charge is 0.356 e. The summed E-state index contributed by atoms with van der Waals surface area (Å²) in [7, 11) is 2.16. The molecule has 0 aliphatic carbocycles. The Kier molecular flexibility index (Phi) is 3.21. The quantitative estimate of drug-likeness (QED) is 0.794. The molecule has 3 heteroatoms. The summed E-state index contributed by atoms with van der Waals surface area (Å²) < 4.78 is 0. The zero-order valence-electron chi connectivity index (χ0n) is 9.53. The van der Waals surface area contributed by atoms with Crippen LogP contribution in [-0.2, 0) is 0 Å². The molecule has 0 amide bonds. The van der Waals surface area contributed by atoms with Gasteiger partial charge >= 0.3 is 0 Å². The van der Waals surface area contributed by atoms with E-state index in [9.17, 15) is 0 Å². The number of hydrogen-bond acceptors (Lipinski definition) is 3. The first-order valence-electron chi connectivity index (χ1n) is 5.64. The Morgan fingerprint density at radius 1 is 1.40 bits per heavy atom. The van der Waals surface area contributed by atoms with Crippen molar-refractivity contribution in [2.45, 2.75) is 25.8 Å². The van der Waals surface area contributed by atoms with Crippen LogP contribution in [0.15, 0.2) is 18.3 Å². The lowest BCUT2D eigenvalue weighted by Gasteiger charge is -2.33. The van der Waals surface area contributed by atoms with Crippen molar-refractivity contribution in [1.82, 2.24) is 10.3 Å². The maximum Gasteiger partial charge on any atom is 0.131 e. The number of pyridine rings is 1. The second-order valence-electron chi connectivity index (χ2n) is 4.24. The van der Waals surface area contributed by atoms with Crippen LogP contribution in [0.3, 0.4) is 0 Å². The molecule has 1 fully saturated rings. The van der Waals surface area contributed by atoms with E-state index in [1.54, 1.807) is 0 Å². The summed E-state index contributed by atoms with van der Waals surface area (Å²) in [6, 6.07) is 4.76. The number of piperidine rings is 1. The number of aryl methyl sites for hydroxylation is 1. The lowest BCUT2D eigenvalue weighted by atomic mass is 10.0. The summed E-state index contributed by atoms with van der Waals surface area (Å²) in [4.78, 5) is 6.79. The monoisotopic (exact) mass is 205 g/mol. The average molecular weight is 205 g/mol. The van der Waals surface area contributed by atoms with Crippen molar-refractivity contribution in [2.24, 2.45) is 0 Å². The Bertz CT molecular complexity index is 318. The van der Waals surface area contributed by atoms with E-state index in [4.69, 9.17) is 0 Å². The van der Waals surface area contributed by atoms with Gasteiger partial charge < -0.3 is 10.2 Å². The van der Waals surface area contributed by atoms with Gasteiger partial charge in [-0.3, -0.25) is 0 Å². The van der Waals surface area contributed by atoms with Crippen LogP contribution in [0.1, 0.15) is 18.4 Å². The van der Waals surface area contributed by atoms with Gasteiger partial charge in [-0.2, -0.15) is 0 Å². The Morgan fingerprint density at radius 3 is 2.80 bits per heavy atom. The van der Waals surface area contributed by atoms with Crippen LogP contribution in [0.4, 0.5) is 5.82 Å². The van der Waals surface area contributed by atoms with Gasteiger partial charge in [0.05, 0.1) is 0 Å². The predicted molar refractivity (Wildman–Crippen MR) is 63.3 cm³/mol. The van der Waals surface area contributed by atoms with E-state index in [-0.39, 0.29) is 0 Å². The summed E-state index contributed by atoms with van der Waals surface area (Å²) in [5.74, 6) is 1.13. The third-order valence-electron chi connectivity index (χ3n) is 3.17. The highest BCUT2D eigenvalue weighted by molar-refractivity contribution is 5.46. The minimum absolute atomic E-state index is 0.639. The molecule has 1 aromatic rings. The van der Waals surface area contributed by atoms with Crippen LogP contribution in [0.25, 0.3) is 0 Å². The smallest absolute Gasteiger partial charge is 0.131 e. The number of hydrogen-bond donors (Lipinski definition) is 1. The molecule has 0 saturated carbocycles. The van der Waals surface area contributed by atoms with E-state index in [2.05, 4.69) is 35.2 Å². The third kappa shape index (κ3) is 2.29. The molecule has 2 rings (SSSR count). The lowest BCUT2D eigenvalue weighted by Crippen LogP contribution is -2.41. The first kappa shape index (κ1) is 10.4. The molecule has 0 unspecified atom stereocenters. The maximum absolute atomic E-state index is 4.46. The molecular weight excluding hydrogens is 186 g/mol. The molecule has 0 atom stereocenters. The van der Waals surface area contributed by atoms with E-state index >= 15 is 0 Å². The molecule has 0 spiro atoms. The predicted octanol–water partition coefficient (Wildman–Crippen LogP) is 1.58. The van der Waals surface area contributed by atoms with E-state index < -0.39 is 0 Å². The van der Waals surface area contributed by atoms with Crippen molar-refractivity contribution in [1.29, 1.82) is 0 Å². The normalized spacial score (nSPS) is 17.7. The SMILES string of the molecule is Cc1cccnc1N(C)C1CCNCC1. The van der Waals surface area contributed by atoms with Gasteiger partial charge in [0.15, 0.2) is 0 Å². The van der Waals surface area contributed by atoms with Gasteiger partial charge in [-0.05, 0) is 44.5 Å². The van der Waals surface area contributed by atoms with Gasteiger partial charge in [0, 0.05) is 19.3 Å². The Hall–Kier alpha value is -1.09. The van der Waals surface area contributed by atoms with Crippen LogP contribution in [0.5, 0.6) is 0 Å². The standard InChI is InChI=1S/C12H19N3/c1-10-4-3-7-14-12(10)15(2)11-5-8-13-9-6-11/h3-4,7,11,13H,5-6,8-9H2,1-2H3. The first-order chi connectivity index (χ1) is 7.29. The van der Waals surface area contributed by atoms with Crippen molar-refractivity contribution >= 4 is 5.82 Å². The summed E-state index contributed by atoms with van der Waals surface area (Å²) in [6.07, 6.45) is 4.30. The molecule has 1 aliphatic heterocycles. The maximum atomic E-state index is 4.46. The molecule has 3 nitrogen and oxygen atoms in total. The topological polar surface area (TPSA) is 28.2 Å². The van der Waals surface area contributed by atoms with E-state index in [1.807, 2.05) is 12.3 Å². The third-order valence-corrected chi connectivity index (χ3v) is 3.17. The molecular formula is C12H19N3. The van der Waals surface area contributed by atoms with Crippen LogP contribution in [-0.4, -0.2) is 31.2 Å². The van der Waals surface area contributed by atoms with Crippen molar-refractivity contribution in [3.63, 3.8) is 0 Å². The van der Waals surface area contributed by atoms with Gasteiger partial charge in [0.1, 0.15) is 5.82 Å². The van der Waals surface area contributed by atoms with E-state index in [0.717, 1.165) is 18.9 Å². The summed E-state index contributed by atoms with van der Waals surface area (Å²) in [5.41, 5.74) is 1.26. The minimum Gasteiger partial charge on any atom is -0.356 e. The van der Waals surface area contributed by atoms with E-state index in [1.165, 1.54) is 18.4 Å². The highest BCUT2D eigenvalue weighted by atomic mass is 15.2. The van der Waals surface area contributed by atoms with Crippen LogP contribution in [0.2, 0.25) is 0 Å². The molecule has 1 aliphatic rings. The second kappa shape index (κ2) is 4.62. The van der Waals surface area contributed by atoms with Gasteiger partial charge in [0.25, 0.3) is 0 Å². The highest BCUT2D eigenvalue weighted by Crippen LogP contribution is 2.20. The molecule has 1 aromatic heterocycles. The second-order valence-corrected chi connectivity index (χ2v) is 4.24. The Morgan fingerprint density at radius 2 is 2.13 bits per heavy atom. The van der Waals surface area contributed by atoms with Gasteiger partial charge in [0.2, 0.25) is 0 Å². The average Bonchev–Trinajstić information content (AvgIpc) is 2.30. The zero-order valence-corrected chi connectivity index (χ0v) is 9.53. The van der Waals surface area contributed by atoms with Crippen molar-refractivity contribution in [3.8, 4) is 0 Å². The molecule has 0 bridgehead atoms. The fourth-order valence-corrected chi connectivity index (χ4v) is 2.21.